The van der Waals surface area contributed by atoms with Crippen molar-refractivity contribution in [3.8, 4) is 0 Å². The molecule has 0 radical (unpaired) electrons. The number of amides is 1. The van der Waals surface area contributed by atoms with Crippen LogP contribution in [0.3, 0.4) is 0 Å². The SMILES string of the molecule is O=C(O)C1CC(=O)N(C2CC2)C1c1nccs1. The summed E-state index contributed by atoms with van der Waals surface area (Å²) in [4.78, 5) is 29.1. The van der Waals surface area contributed by atoms with Gasteiger partial charge in [0.2, 0.25) is 5.91 Å². The molecule has 2 fully saturated rings. The van der Waals surface area contributed by atoms with Gasteiger partial charge in [0.1, 0.15) is 5.01 Å². The second-order valence-electron chi connectivity index (χ2n) is 4.50. The van der Waals surface area contributed by atoms with Crippen LogP contribution in [-0.2, 0) is 9.59 Å². The van der Waals surface area contributed by atoms with Crippen LogP contribution in [0, 0.1) is 5.92 Å². The van der Waals surface area contributed by atoms with Gasteiger partial charge in [-0.05, 0) is 12.8 Å². The number of aliphatic carboxylic acids is 1. The first kappa shape index (κ1) is 10.7. The minimum absolute atomic E-state index is 0.0416. The van der Waals surface area contributed by atoms with Crippen molar-refractivity contribution < 1.29 is 14.7 Å². The topological polar surface area (TPSA) is 70.5 Å². The Labute approximate surface area is 102 Å². The molecule has 1 aliphatic heterocycles. The molecule has 0 spiro atoms. The highest BCUT2D eigenvalue weighted by atomic mass is 32.1. The van der Waals surface area contributed by atoms with Crippen LogP contribution in [-0.4, -0.2) is 32.9 Å². The molecule has 0 bridgehead atoms. The van der Waals surface area contributed by atoms with Gasteiger partial charge in [-0.2, -0.15) is 0 Å². The molecule has 2 atom stereocenters. The van der Waals surface area contributed by atoms with Gasteiger partial charge in [0.25, 0.3) is 0 Å². The molecule has 1 N–H and O–H groups in total. The second kappa shape index (κ2) is 3.80. The Kier molecular flexibility index (Phi) is 2.39. The maximum atomic E-state index is 11.9. The first-order valence-electron chi connectivity index (χ1n) is 5.62. The Morgan fingerprint density at radius 2 is 2.29 bits per heavy atom. The first-order valence-corrected chi connectivity index (χ1v) is 6.50. The predicted molar refractivity (Wildman–Crippen MR) is 60.5 cm³/mol. The fourth-order valence-corrected chi connectivity index (χ4v) is 3.23. The lowest BCUT2D eigenvalue weighted by Crippen LogP contribution is -2.32. The molecule has 1 aliphatic carbocycles. The summed E-state index contributed by atoms with van der Waals surface area (Å²) in [6.45, 7) is 0. The number of aromatic nitrogens is 1. The summed E-state index contributed by atoms with van der Waals surface area (Å²) in [6.07, 6.45) is 3.74. The number of thiazole rings is 1. The molecule has 90 valence electrons. The monoisotopic (exact) mass is 252 g/mol. The van der Waals surface area contributed by atoms with E-state index in [1.165, 1.54) is 11.3 Å². The quantitative estimate of drug-likeness (QED) is 0.879. The summed E-state index contributed by atoms with van der Waals surface area (Å²) in [5, 5.41) is 11.8. The highest BCUT2D eigenvalue weighted by Crippen LogP contribution is 2.45. The van der Waals surface area contributed by atoms with Crippen molar-refractivity contribution in [2.45, 2.75) is 31.3 Å². The summed E-state index contributed by atoms with van der Waals surface area (Å²) >= 11 is 1.42. The average molecular weight is 252 g/mol. The molecule has 2 heterocycles. The third kappa shape index (κ3) is 1.72. The molecule has 3 rings (SSSR count). The zero-order valence-corrected chi connectivity index (χ0v) is 9.89. The second-order valence-corrected chi connectivity index (χ2v) is 5.42. The van der Waals surface area contributed by atoms with Crippen molar-refractivity contribution >= 4 is 23.2 Å². The normalized spacial score (nSPS) is 28.7. The maximum Gasteiger partial charge on any atom is 0.309 e. The molecule has 1 aromatic heterocycles. The van der Waals surface area contributed by atoms with Gasteiger partial charge in [-0.1, -0.05) is 0 Å². The number of carboxylic acid groups (broad SMARTS) is 1. The van der Waals surface area contributed by atoms with Crippen molar-refractivity contribution in [2.75, 3.05) is 0 Å². The van der Waals surface area contributed by atoms with Crippen LogP contribution in [0.5, 0.6) is 0 Å². The first-order chi connectivity index (χ1) is 8.18. The molecule has 1 saturated carbocycles. The Hall–Kier alpha value is -1.43. The number of hydrogen-bond donors (Lipinski definition) is 1. The predicted octanol–water partition coefficient (Wildman–Crippen LogP) is 1.28. The lowest BCUT2D eigenvalue weighted by molar-refractivity contribution is -0.142. The van der Waals surface area contributed by atoms with E-state index in [1.54, 1.807) is 11.1 Å². The molecule has 6 heteroatoms. The van der Waals surface area contributed by atoms with Crippen molar-refractivity contribution in [3.05, 3.63) is 16.6 Å². The summed E-state index contributed by atoms with van der Waals surface area (Å²) in [7, 11) is 0. The molecule has 17 heavy (non-hydrogen) atoms. The molecular formula is C11H12N2O3S. The van der Waals surface area contributed by atoms with E-state index in [-0.39, 0.29) is 24.4 Å². The van der Waals surface area contributed by atoms with Gasteiger partial charge < -0.3 is 10.0 Å². The molecule has 5 nitrogen and oxygen atoms in total. The van der Waals surface area contributed by atoms with Crippen molar-refractivity contribution in [1.82, 2.24) is 9.88 Å². The van der Waals surface area contributed by atoms with E-state index < -0.39 is 11.9 Å². The van der Waals surface area contributed by atoms with Gasteiger partial charge in [-0.25, -0.2) is 4.98 Å². The maximum absolute atomic E-state index is 11.9. The van der Waals surface area contributed by atoms with Crippen molar-refractivity contribution in [2.24, 2.45) is 5.92 Å². The molecule has 2 aliphatic rings. The standard InChI is InChI=1S/C11H12N2O3S/c14-8-5-7(11(15)16)9(10-12-3-4-17-10)13(8)6-1-2-6/h3-4,6-7,9H,1-2,5H2,(H,15,16). The molecule has 1 aromatic rings. The fraction of sp³-hybridized carbons (Fsp3) is 0.545. The van der Waals surface area contributed by atoms with Gasteiger partial charge in [0.05, 0.1) is 12.0 Å². The third-order valence-corrected chi connectivity index (χ3v) is 4.17. The number of carboxylic acids is 1. The summed E-state index contributed by atoms with van der Waals surface area (Å²) < 4.78 is 0. The van der Waals surface area contributed by atoms with E-state index in [0.29, 0.717) is 0 Å². The number of carbonyl (C=O) groups excluding carboxylic acids is 1. The van der Waals surface area contributed by atoms with Gasteiger partial charge >= 0.3 is 5.97 Å². The highest BCUT2D eigenvalue weighted by molar-refractivity contribution is 7.09. The summed E-state index contributed by atoms with van der Waals surface area (Å²) in [5.74, 6) is -1.59. The number of likely N-dealkylation sites (tertiary alicyclic amines) is 1. The molecule has 0 aromatic carbocycles. The Morgan fingerprint density at radius 3 is 2.82 bits per heavy atom. The minimum atomic E-state index is -0.901. The van der Waals surface area contributed by atoms with Crippen LogP contribution in [0.15, 0.2) is 11.6 Å². The highest BCUT2D eigenvalue weighted by Gasteiger charge is 2.50. The number of rotatable bonds is 3. The van der Waals surface area contributed by atoms with E-state index in [9.17, 15) is 14.7 Å². The van der Waals surface area contributed by atoms with E-state index in [1.807, 2.05) is 5.38 Å². The smallest absolute Gasteiger partial charge is 0.309 e. The Balaban J connectivity index is 1.97. The molecule has 2 unspecified atom stereocenters. The minimum Gasteiger partial charge on any atom is -0.481 e. The van der Waals surface area contributed by atoms with Gasteiger partial charge in [-0.15, -0.1) is 11.3 Å². The zero-order chi connectivity index (χ0) is 12.0. The van der Waals surface area contributed by atoms with Crippen LogP contribution >= 0.6 is 11.3 Å². The molecule has 1 amide bonds. The lowest BCUT2D eigenvalue weighted by atomic mass is 10.0. The van der Waals surface area contributed by atoms with E-state index >= 15 is 0 Å². The van der Waals surface area contributed by atoms with Crippen LogP contribution < -0.4 is 0 Å². The zero-order valence-electron chi connectivity index (χ0n) is 9.07. The van der Waals surface area contributed by atoms with Crippen LogP contribution in [0.2, 0.25) is 0 Å². The van der Waals surface area contributed by atoms with Gasteiger partial charge in [0.15, 0.2) is 0 Å². The summed E-state index contributed by atoms with van der Waals surface area (Å²) in [6, 6.07) is -0.117. The number of nitrogens with zero attached hydrogens (tertiary/aromatic N) is 2. The van der Waals surface area contributed by atoms with E-state index in [2.05, 4.69) is 4.98 Å². The van der Waals surface area contributed by atoms with Crippen molar-refractivity contribution in [3.63, 3.8) is 0 Å². The number of hydrogen-bond acceptors (Lipinski definition) is 4. The third-order valence-electron chi connectivity index (χ3n) is 3.33. The molecular weight excluding hydrogens is 240 g/mol. The van der Waals surface area contributed by atoms with Crippen LogP contribution in [0.4, 0.5) is 0 Å². The lowest BCUT2D eigenvalue weighted by Gasteiger charge is -2.24. The Bertz CT molecular complexity index is 455. The van der Waals surface area contributed by atoms with E-state index in [4.69, 9.17) is 0 Å². The summed E-state index contributed by atoms with van der Waals surface area (Å²) in [5.41, 5.74) is 0. The average Bonchev–Trinajstić information content (AvgIpc) is 2.86. The van der Waals surface area contributed by atoms with E-state index in [0.717, 1.165) is 17.8 Å². The molecule has 1 saturated heterocycles. The van der Waals surface area contributed by atoms with Crippen LogP contribution in [0.1, 0.15) is 30.3 Å². The van der Waals surface area contributed by atoms with Crippen LogP contribution in [0.25, 0.3) is 0 Å². The van der Waals surface area contributed by atoms with Crippen molar-refractivity contribution in [1.29, 1.82) is 0 Å². The van der Waals surface area contributed by atoms with Gasteiger partial charge in [-0.3, -0.25) is 9.59 Å². The Morgan fingerprint density at radius 1 is 1.53 bits per heavy atom. The van der Waals surface area contributed by atoms with Gasteiger partial charge in [0, 0.05) is 24.0 Å². The number of carbonyl (C=O) groups is 2. The fourth-order valence-electron chi connectivity index (χ4n) is 2.43. The largest absolute Gasteiger partial charge is 0.481 e.